The van der Waals surface area contributed by atoms with Crippen molar-refractivity contribution in [2.75, 3.05) is 13.2 Å². The number of amides is 1. The molecule has 6 heteroatoms. The molecule has 390 valence electrons. The van der Waals surface area contributed by atoms with Gasteiger partial charge in [0.1, 0.15) is 0 Å². The van der Waals surface area contributed by atoms with E-state index in [0.29, 0.717) is 19.4 Å². The minimum atomic E-state index is -0.840. The van der Waals surface area contributed by atoms with Crippen LogP contribution < -0.4 is 5.32 Å². The first-order chi connectivity index (χ1) is 32.5. The van der Waals surface area contributed by atoms with Crippen LogP contribution >= 0.6 is 0 Å². The molecule has 0 aromatic rings. The molecule has 0 spiro atoms. The number of hydrogen-bond acceptors (Lipinski definition) is 5. The standard InChI is InChI=1S/C60H115NO5/c1-3-5-7-9-11-13-15-34-38-42-46-50-54-60(65)66-55-51-47-43-39-35-32-30-28-26-24-22-20-18-16-17-19-21-23-25-27-29-31-33-37-41-45-49-53-59(64)61-57(56-62)58(63)52-48-44-40-36-14-12-10-8-6-4-2/h11,13,48,52,57-58,62-63H,3-10,12,14-47,49-51,53-56H2,1-2H3,(H,61,64)/b13-11-,52-48+. The summed E-state index contributed by atoms with van der Waals surface area (Å²) in [6.07, 6.45) is 68.0. The largest absolute Gasteiger partial charge is 0.466 e. The third-order valence-electron chi connectivity index (χ3n) is 13.7. The number of ether oxygens (including phenoxy) is 1. The highest BCUT2D eigenvalue weighted by Crippen LogP contribution is 2.17. The van der Waals surface area contributed by atoms with Crippen LogP contribution in [0.2, 0.25) is 0 Å². The van der Waals surface area contributed by atoms with Crippen molar-refractivity contribution in [1.82, 2.24) is 5.32 Å². The van der Waals surface area contributed by atoms with Crippen LogP contribution in [0.25, 0.3) is 0 Å². The van der Waals surface area contributed by atoms with E-state index in [1.165, 1.54) is 250 Å². The van der Waals surface area contributed by atoms with Gasteiger partial charge in [-0.2, -0.15) is 0 Å². The van der Waals surface area contributed by atoms with E-state index < -0.39 is 12.1 Å². The third-order valence-corrected chi connectivity index (χ3v) is 13.7. The first-order valence-electron chi connectivity index (χ1n) is 29.6. The van der Waals surface area contributed by atoms with Gasteiger partial charge in [0.25, 0.3) is 0 Å². The second kappa shape index (κ2) is 55.9. The van der Waals surface area contributed by atoms with Gasteiger partial charge in [-0.25, -0.2) is 0 Å². The summed E-state index contributed by atoms with van der Waals surface area (Å²) in [6, 6.07) is -0.623. The maximum Gasteiger partial charge on any atom is 0.305 e. The number of allylic oxidation sites excluding steroid dienone is 3. The maximum atomic E-state index is 12.4. The van der Waals surface area contributed by atoms with E-state index in [9.17, 15) is 19.8 Å². The average Bonchev–Trinajstić information content (AvgIpc) is 3.32. The zero-order chi connectivity index (χ0) is 47.9. The molecule has 2 atom stereocenters. The summed E-state index contributed by atoms with van der Waals surface area (Å²) < 4.78 is 5.47. The zero-order valence-corrected chi connectivity index (χ0v) is 44.4. The van der Waals surface area contributed by atoms with E-state index in [0.717, 1.165) is 44.9 Å². The Morgan fingerprint density at radius 3 is 1.11 bits per heavy atom. The molecule has 6 nitrogen and oxygen atoms in total. The van der Waals surface area contributed by atoms with E-state index in [1.807, 2.05) is 6.08 Å². The Morgan fingerprint density at radius 2 is 0.712 bits per heavy atom. The number of carbonyl (C=O) groups excluding carboxylic acids is 2. The smallest absolute Gasteiger partial charge is 0.305 e. The monoisotopic (exact) mass is 930 g/mol. The Morgan fingerprint density at radius 1 is 0.409 bits per heavy atom. The molecule has 0 saturated heterocycles. The summed E-state index contributed by atoms with van der Waals surface area (Å²) in [4.78, 5) is 24.4. The molecule has 1 amide bonds. The van der Waals surface area contributed by atoms with Crippen molar-refractivity contribution >= 4 is 11.9 Å². The second-order valence-corrected chi connectivity index (χ2v) is 20.3. The fraction of sp³-hybridized carbons (Fsp3) is 0.900. The number of aliphatic hydroxyl groups excluding tert-OH is 2. The van der Waals surface area contributed by atoms with Crippen molar-refractivity contribution in [1.29, 1.82) is 0 Å². The number of aliphatic hydroxyl groups is 2. The lowest BCUT2D eigenvalue weighted by atomic mass is 10.0. The van der Waals surface area contributed by atoms with Gasteiger partial charge in [0, 0.05) is 12.8 Å². The quantitative estimate of drug-likeness (QED) is 0.0321. The number of esters is 1. The molecule has 2 unspecified atom stereocenters. The number of hydrogen-bond donors (Lipinski definition) is 3. The molecule has 0 aliphatic heterocycles. The molecule has 0 bridgehead atoms. The highest BCUT2D eigenvalue weighted by Gasteiger charge is 2.18. The predicted molar refractivity (Wildman–Crippen MR) is 287 cm³/mol. The highest BCUT2D eigenvalue weighted by atomic mass is 16.5. The minimum absolute atomic E-state index is 0.00743. The van der Waals surface area contributed by atoms with Crippen molar-refractivity contribution in [3.63, 3.8) is 0 Å². The molecular formula is C60H115NO5. The molecule has 0 aromatic carbocycles. The predicted octanol–water partition coefficient (Wildman–Crippen LogP) is 18.2. The molecule has 0 aliphatic rings. The Bertz CT molecular complexity index is 1030. The Kier molecular flexibility index (Phi) is 54.5. The Hall–Kier alpha value is -1.66. The van der Waals surface area contributed by atoms with Gasteiger partial charge in [-0.1, -0.05) is 276 Å². The number of rotatable bonds is 55. The normalized spacial score (nSPS) is 12.7. The maximum absolute atomic E-state index is 12.4. The first-order valence-corrected chi connectivity index (χ1v) is 29.6. The van der Waals surface area contributed by atoms with Crippen LogP contribution in [0.15, 0.2) is 24.3 Å². The molecule has 0 heterocycles. The molecular weight excluding hydrogens is 815 g/mol. The van der Waals surface area contributed by atoms with Gasteiger partial charge >= 0.3 is 5.97 Å². The van der Waals surface area contributed by atoms with Gasteiger partial charge in [0.05, 0.1) is 25.4 Å². The van der Waals surface area contributed by atoms with Gasteiger partial charge in [0.15, 0.2) is 0 Å². The summed E-state index contributed by atoms with van der Waals surface area (Å²) in [6.45, 7) is 4.87. The van der Waals surface area contributed by atoms with Gasteiger partial charge in [-0.15, -0.1) is 0 Å². The number of carbonyl (C=O) groups is 2. The molecule has 0 aromatic heterocycles. The summed E-state index contributed by atoms with van der Waals surface area (Å²) in [5.74, 6) is -0.0591. The van der Waals surface area contributed by atoms with Crippen LogP contribution in [0.4, 0.5) is 0 Å². The van der Waals surface area contributed by atoms with Crippen LogP contribution in [0, 0.1) is 0 Å². The minimum Gasteiger partial charge on any atom is -0.466 e. The van der Waals surface area contributed by atoms with Crippen LogP contribution in [0.5, 0.6) is 0 Å². The molecule has 0 rings (SSSR count). The number of unbranched alkanes of at least 4 members (excludes halogenated alkanes) is 42. The molecule has 66 heavy (non-hydrogen) atoms. The van der Waals surface area contributed by atoms with Crippen LogP contribution in [0.1, 0.15) is 322 Å². The van der Waals surface area contributed by atoms with Crippen molar-refractivity contribution < 1.29 is 24.5 Å². The SMILES string of the molecule is CCCCC/C=C\CCCCCCCC(=O)OCCCCCCCCCCCCCCCCCCCCCCCCCCCCCC(=O)NC(CO)C(O)/C=C/CCCCCCCCCC. The van der Waals surface area contributed by atoms with Crippen LogP contribution in [-0.2, 0) is 14.3 Å². The Labute approximate surface area is 411 Å². The molecule has 0 aliphatic carbocycles. The van der Waals surface area contributed by atoms with Gasteiger partial charge in [-0.05, 0) is 57.8 Å². The molecule has 0 radical (unpaired) electrons. The molecule has 0 fully saturated rings. The van der Waals surface area contributed by atoms with E-state index in [4.69, 9.17) is 4.74 Å². The fourth-order valence-electron chi connectivity index (χ4n) is 9.16. The summed E-state index contributed by atoms with van der Waals surface area (Å²) in [5.41, 5.74) is 0. The van der Waals surface area contributed by atoms with Gasteiger partial charge < -0.3 is 20.3 Å². The van der Waals surface area contributed by atoms with Crippen molar-refractivity contribution in [3.8, 4) is 0 Å². The van der Waals surface area contributed by atoms with E-state index >= 15 is 0 Å². The van der Waals surface area contributed by atoms with Crippen LogP contribution in [-0.4, -0.2) is 47.4 Å². The number of nitrogens with one attached hydrogen (secondary N) is 1. The lowest BCUT2D eigenvalue weighted by Crippen LogP contribution is -2.45. The molecule has 0 saturated carbocycles. The van der Waals surface area contributed by atoms with Gasteiger partial charge in [-0.3, -0.25) is 9.59 Å². The summed E-state index contributed by atoms with van der Waals surface area (Å²) in [7, 11) is 0. The van der Waals surface area contributed by atoms with Crippen molar-refractivity contribution in [3.05, 3.63) is 24.3 Å². The summed E-state index contributed by atoms with van der Waals surface area (Å²) in [5, 5.41) is 23.0. The zero-order valence-electron chi connectivity index (χ0n) is 44.4. The lowest BCUT2D eigenvalue weighted by molar-refractivity contribution is -0.143. The summed E-state index contributed by atoms with van der Waals surface area (Å²) >= 11 is 0. The van der Waals surface area contributed by atoms with Crippen molar-refractivity contribution in [2.24, 2.45) is 0 Å². The first kappa shape index (κ1) is 64.3. The van der Waals surface area contributed by atoms with E-state index in [1.54, 1.807) is 6.08 Å². The topological polar surface area (TPSA) is 95.9 Å². The van der Waals surface area contributed by atoms with Gasteiger partial charge in [0.2, 0.25) is 5.91 Å². The third kappa shape index (κ3) is 51.7. The second-order valence-electron chi connectivity index (χ2n) is 20.3. The average molecular weight is 931 g/mol. The van der Waals surface area contributed by atoms with E-state index in [-0.39, 0.29) is 18.5 Å². The van der Waals surface area contributed by atoms with Crippen molar-refractivity contribution in [2.45, 2.75) is 334 Å². The Balaban J connectivity index is 3.34. The lowest BCUT2D eigenvalue weighted by Gasteiger charge is -2.20. The fourth-order valence-corrected chi connectivity index (χ4v) is 9.16. The highest BCUT2D eigenvalue weighted by molar-refractivity contribution is 5.76. The van der Waals surface area contributed by atoms with Crippen LogP contribution in [0.3, 0.4) is 0 Å². The van der Waals surface area contributed by atoms with E-state index in [2.05, 4.69) is 31.3 Å². The molecule has 3 N–H and O–H groups in total.